The monoisotopic (exact) mass is 427 g/mol. The molecule has 1 fully saturated rings. The summed E-state index contributed by atoms with van der Waals surface area (Å²) in [5, 5.41) is 4.13. The van der Waals surface area contributed by atoms with E-state index in [0.29, 0.717) is 29.5 Å². The van der Waals surface area contributed by atoms with Gasteiger partial charge in [-0.2, -0.15) is 0 Å². The molecule has 2 aromatic rings. The summed E-state index contributed by atoms with van der Waals surface area (Å²) in [6.45, 7) is 2.35. The largest absolute Gasteiger partial charge is 0.493 e. The van der Waals surface area contributed by atoms with Gasteiger partial charge in [0.05, 0.1) is 27.0 Å². The lowest BCUT2D eigenvalue weighted by Crippen LogP contribution is -2.34. The van der Waals surface area contributed by atoms with Crippen LogP contribution in [0.25, 0.3) is 0 Å². The summed E-state index contributed by atoms with van der Waals surface area (Å²) in [4.78, 5) is 2.29. The Morgan fingerprint density at radius 3 is 2.43 bits per heavy atom. The van der Waals surface area contributed by atoms with Crippen LogP contribution in [0.1, 0.15) is 30.0 Å². The highest BCUT2D eigenvalue weighted by atomic mass is 32.2. The van der Waals surface area contributed by atoms with E-state index in [4.69, 9.17) is 14.2 Å². The van der Waals surface area contributed by atoms with Gasteiger partial charge in [-0.1, -0.05) is 4.49 Å². The van der Waals surface area contributed by atoms with Crippen molar-refractivity contribution in [1.29, 1.82) is 0 Å². The zero-order valence-electron chi connectivity index (χ0n) is 16.5. The second-order valence-corrected chi connectivity index (χ2v) is 9.79. The topological polar surface area (TPSA) is 90.9 Å². The molecule has 0 N–H and O–H groups in total. The number of nitrogens with zero attached hydrogens (tertiary/aromatic N) is 3. The Balaban J connectivity index is 1.80. The lowest BCUT2D eigenvalue weighted by Gasteiger charge is -2.32. The highest BCUT2D eigenvalue weighted by molar-refractivity contribution is 7.92. The van der Waals surface area contributed by atoms with Crippen LogP contribution < -0.4 is 14.2 Å². The molecule has 1 aromatic heterocycles. The normalized spacial score (nSPS) is 18.1. The molecule has 10 heteroatoms. The van der Waals surface area contributed by atoms with E-state index >= 15 is 0 Å². The van der Waals surface area contributed by atoms with E-state index in [9.17, 15) is 8.42 Å². The van der Waals surface area contributed by atoms with Crippen LogP contribution in [0.3, 0.4) is 0 Å². The Bertz CT molecular complexity index is 904. The van der Waals surface area contributed by atoms with E-state index in [2.05, 4.69) is 14.5 Å². The molecular weight excluding hydrogens is 402 g/mol. The van der Waals surface area contributed by atoms with Gasteiger partial charge in [0, 0.05) is 36.8 Å². The van der Waals surface area contributed by atoms with Gasteiger partial charge in [-0.05, 0) is 37.1 Å². The number of sulfone groups is 1. The smallest absolute Gasteiger partial charge is 0.203 e. The van der Waals surface area contributed by atoms with Crippen molar-refractivity contribution in [3.8, 4) is 17.2 Å². The molecule has 2 heterocycles. The van der Waals surface area contributed by atoms with Crippen LogP contribution in [0.4, 0.5) is 0 Å². The van der Waals surface area contributed by atoms with Crippen molar-refractivity contribution >= 4 is 21.4 Å². The SMILES string of the molecule is COc1cc(CN2CCCC(c3nnsc3S(C)(=O)=O)C2)cc(OC)c1OC. The van der Waals surface area contributed by atoms with E-state index in [1.54, 1.807) is 21.3 Å². The fraction of sp³-hybridized carbons (Fsp3) is 0.556. The first-order valence-electron chi connectivity index (χ1n) is 8.91. The first-order valence-corrected chi connectivity index (χ1v) is 11.6. The molecule has 0 aliphatic carbocycles. The maximum absolute atomic E-state index is 12.0. The molecule has 0 saturated carbocycles. The van der Waals surface area contributed by atoms with Gasteiger partial charge in [-0.15, -0.1) is 5.10 Å². The van der Waals surface area contributed by atoms with Gasteiger partial charge in [-0.25, -0.2) is 8.42 Å². The highest BCUT2D eigenvalue weighted by Crippen LogP contribution is 2.39. The van der Waals surface area contributed by atoms with Crippen molar-refractivity contribution in [1.82, 2.24) is 14.5 Å². The molecule has 1 saturated heterocycles. The van der Waals surface area contributed by atoms with Crippen molar-refractivity contribution in [2.45, 2.75) is 29.5 Å². The second-order valence-electron chi connectivity index (χ2n) is 6.83. The second kappa shape index (κ2) is 8.62. The highest BCUT2D eigenvalue weighted by Gasteiger charge is 2.29. The molecule has 3 rings (SSSR count). The fourth-order valence-corrected chi connectivity index (χ4v) is 5.34. The number of methoxy groups -OCH3 is 3. The van der Waals surface area contributed by atoms with E-state index in [1.165, 1.54) is 6.26 Å². The van der Waals surface area contributed by atoms with Gasteiger partial charge in [0.15, 0.2) is 25.5 Å². The predicted octanol–water partition coefficient (Wildman–Crippen LogP) is 2.35. The van der Waals surface area contributed by atoms with Crippen LogP contribution in [-0.2, 0) is 16.4 Å². The Morgan fingerprint density at radius 1 is 1.18 bits per heavy atom. The Kier molecular flexibility index (Phi) is 6.41. The zero-order valence-corrected chi connectivity index (χ0v) is 18.1. The molecule has 0 amide bonds. The predicted molar refractivity (Wildman–Crippen MR) is 106 cm³/mol. The number of likely N-dealkylation sites (tertiary alicyclic amines) is 1. The molecule has 0 radical (unpaired) electrons. The van der Waals surface area contributed by atoms with E-state index in [1.807, 2.05) is 12.1 Å². The summed E-state index contributed by atoms with van der Waals surface area (Å²) in [5.74, 6) is 1.86. The Morgan fingerprint density at radius 2 is 1.86 bits per heavy atom. The van der Waals surface area contributed by atoms with Crippen LogP contribution in [0, 0.1) is 0 Å². The van der Waals surface area contributed by atoms with Gasteiger partial charge in [0.1, 0.15) is 0 Å². The number of hydrogen-bond donors (Lipinski definition) is 0. The summed E-state index contributed by atoms with van der Waals surface area (Å²) >= 11 is 0.955. The van der Waals surface area contributed by atoms with E-state index in [0.717, 1.165) is 43.0 Å². The molecule has 154 valence electrons. The number of benzene rings is 1. The molecule has 0 spiro atoms. The minimum Gasteiger partial charge on any atom is -0.493 e. The molecule has 8 nitrogen and oxygen atoms in total. The summed E-state index contributed by atoms with van der Waals surface area (Å²) in [7, 11) is 1.46. The third-order valence-electron chi connectivity index (χ3n) is 4.84. The lowest BCUT2D eigenvalue weighted by molar-refractivity contribution is 0.197. The Labute approximate surface area is 169 Å². The summed E-state index contributed by atoms with van der Waals surface area (Å²) < 4.78 is 44.4. The van der Waals surface area contributed by atoms with Gasteiger partial charge in [0.2, 0.25) is 5.75 Å². The number of aromatic nitrogens is 2. The lowest BCUT2D eigenvalue weighted by atomic mass is 9.95. The first kappa shape index (κ1) is 20.8. The van der Waals surface area contributed by atoms with Crippen LogP contribution >= 0.6 is 11.5 Å². The van der Waals surface area contributed by atoms with Crippen molar-refractivity contribution in [2.75, 3.05) is 40.7 Å². The first-order chi connectivity index (χ1) is 13.4. The number of hydrogen-bond acceptors (Lipinski definition) is 9. The van der Waals surface area contributed by atoms with Crippen molar-refractivity contribution < 1.29 is 22.6 Å². The molecule has 0 bridgehead atoms. The van der Waals surface area contributed by atoms with E-state index in [-0.39, 0.29) is 10.1 Å². The van der Waals surface area contributed by atoms with Crippen molar-refractivity contribution in [3.63, 3.8) is 0 Å². The van der Waals surface area contributed by atoms with Gasteiger partial charge < -0.3 is 14.2 Å². The quantitative estimate of drug-likeness (QED) is 0.665. The molecule has 1 aliphatic rings. The van der Waals surface area contributed by atoms with E-state index < -0.39 is 9.84 Å². The summed E-state index contributed by atoms with van der Waals surface area (Å²) in [6, 6.07) is 3.88. The molecular formula is C18H25N3O5S2. The van der Waals surface area contributed by atoms with Crippen molar-refractivity contribution in [3.05, 3.63) is 23.4 Å². The van der Waals surface area contributed by atoms with Crippen LogP contribution in [0.15, 0.2) is 16.3 Å². The van der Waals surface area contributed by atoms with Crippen LogP contribution in [0.5, 0.6) is 17.2 Å². The van der Waals surface area contributed by atoms with Crippen LogP contribution in [0.2, 0.25) is 0 Å². The fourth-order valence-electron chi connectivity index (χ4n) is 3.60. The maximum Gasteiger partial charge on any atom is 0.203 e. The van der Waals surface area contributed by atoms with Gasteiger partial charge in [0.25, 0.3) is 0 Å². The molecule has 28 heavy (non-hydrogen) atoms. The molecule has 1 aliphatic heterocycles. The number of piperidine rings is 1. The van der Waals surface area contributed by atoms with Gasteiger partial charge in [-0.3, -0.25) is 4.90 Å². The zero-order chi connectivity index (χ0) is 20.3. The molecule has 1 unspecified atom stereocenters. The summed E-state index contributed by atoms with van der Waals surface area (Å²) in [5.41, 5.74) is 1.64. The number of rotatable bonds is 7. The van der Waals surface area contributed by atoms with Crippen LogP contribution in [-0.4, -0.2) is 63.6 Å². The standard InChI is InChI=1S/C18H25N3O5S2/c1-24-14-8-12(9-15(25-2)17(14)26-3)10-21-7-5-6-13(11-21)16-18(27-20-19-16)28(4,22)23/h8-9,13H,5-7,10-11H2,1-4H3. The molecule has 1 aromatic carbocycles. The number of ether oxygens (including phenoxy) is 3. The van der Waals surface area contributed by atoms with Gasteiger partial charge >= 0.3 is 0 Å². The third kappa shape index (κ3) is 4.39. The summed E-state index contributed by atoms with van der Waals surface area (Å²) in [6.07, 6.45) is 3.08. The minimum atomic E-state index is -3.31. The molecule has 1 atom stereocenters. The third-order valence-corrected chi connectivity index (χ3v) is 7.39. The Hall–Kier alpha value is -1.91. The maximum atomic E-state index is 12.0. The average molecular weight is 428 g/mol. The minimum absolute atomic E-state index is 0.0549. The van der Waals surface area contributed by atoms with Crippen molar-refractivity contribution in [2.24, 2.45) is 0 Å². The average Bonchev–Trinajstić information content (AvgIpc) is 3.18.